The molecule has 100 valence electrons. The molecule has 1 aromatic heterocycles. The third kappa shape index (κ3) is 2.42. The molecule has 1 heterocycles. The SMILES string of the molecule is CNc1nc(-c2cccc(Cl)c2)nc2ccc(Cl)cc12. The molecule has 3 aromatic rings. The summed E-state index contributed by atoms with van der Waals surface area (Å²) in [6.07, 6.45) is 0. The number of rotatable bonds is 2. The van der Waals surface area contributed by atoms with Gasteiger partial charge >= 0.3 is 0 Å². The minimum Gasteiger partial charge on any atom is -0.373 e. The summed E-state index contributed by atoms with van der Waals surface area (Å²) in [5.41, 5.74) is 1.72. The van der Waals surface area contributed by atoms with Gasteiger partial charge in [0.1, 0.15) is 5.82 Å². The molecule has 0 saturated heterocycles. The highest BCUT2D eigenvalue weighted by Crippen LogP contribution is 2.27. The molecule has 5 heteroatoms. The minimum atomic E-state index is 0.631. The molecular formula is C15H11Cl2N3. The Hall–Kier alpha value is -1.84. The smallest absolute Gasteiger partial charge is 0.162 e. The first-order valence-electron chi connectivity index (χ1n) is 6.08. The standard InChI is InChI=1S/C15H11Cl2N3/c1-18-15-12-8-11(17)5-6-13(12)19-14(20-15)9-3-2-4-10(16)7-9/h2-8H,1H3,(H,18,19,20). The van der Waals surface area contributed by atoms with Crippen molar-refractivity contribution >= 4 is 39.9 Å². The third-order valence-electron chi connectivity index (χ3n) is 2.98. The molecule has 0 atom stereocenters. The van der Waals surface area contributed by atoms with E-state index in [9.17, 15) is 0 Å². The molecule has 0 unspecified atom stereocenters. The Morgan fingerprint density at radius 1 is 0.950 bits per heavy atom. The van der Waals surface area contributed by atoms with Crippen LogP contribution < -0.4 is 5.32 Å². The van der Waals surface area contributed by atoms with Crippen molar-refractivity contribution in [3.8, 4) is 11.4 Å². The number of nitrogens with one attached hydrogen (secondary N) is 1. The Labute approximate surface area is 126 Å². The molecule has 0 spiro atoms. The maximum Gasteiger partial charge on any atom is 0.162 e. The number of anilines is 1. The Balaban J connectivity index is 2.25. The average molecular weight is 304 g/mol. The van der Waals surface area contributed by atoms with Gasteiger partial charge in [-0.3, -0.25) is 0 Å². The first-order chi connectivity index (χ1) is 9.67. The highest BCUT2D eigenvalue weighted by molar-refractivity contribution is 6.31. The Morgan fingerprint density at radius 3 is 2.50 bits per heavy atom. The van der Waals surface area contributed by atoms with E-state index in [2.05, 4.69) is 15.3 Å². The van der Waals surface area contributed by atoms with Crippen molar-refractivity contribution in [3.05, 3.63) is 52.5 Å². The lowest BCUT2D eigenvalue weighted by molar-refractivity contribution is 1.21. The fourth-order valence-corrected chi connectivity index (χ4v) is 2.41. The average Bonchev–Trinajstić information content (AvgIpc) is 2.46. The Bertz CT molecular complexity index is 787. The lowest BCUT2D eigenvalue weighted by atomic mass is 10.2. The van der Waals surface area contributed by atoms with Crippen LogP contribution in [0.5, 0.6) is 0 Å². The summed E-state index contributed by atoms with van der Waals surface area (Å²) >= 11 is 12.0. The summed E-state index contributed by atoms with van der Waals surface area (Å²) in [5.74, 6) is 1.37. The van der Waals surface area contributed by atoms with Crippen molar-refractivity contribution in [1.29, 1.82) is 0 Å². The van der Waals surface area contributed by atoms with E-state index < -0.39 is 0 Å². The van der Waals surface area contributed by atoms with E-state index in [1.807, 2.05) is 49.5 Å². The summed E-state index contributed by atoms with van der Waals surface area (Å²) in [5, 5.41) is 5.29. The zero-order valence-electron chi connectivity index (χ0n) is 10.7. The summed E-state index contributed by atoms with van der Waals surface area (Å²) in [6.45, 7) is 0. The first-order valence-corrected chi connectivity index (χ1v) is 6.84. The fraction of sp³-hybridized carbons (Fsp3) is 0.0667. The molecule has 0 amide bonds. The van der Waals surface area contributed by atoms with Gasteiger partial charge in [-0.2, -0.15) is 0 Å². The number of benzene rings is 2. The Morgan fingerprint density at radius 2 is 1.75 bits per heavy atom. The molecule has 1 N–H and O–H groups in total. The zero-order valence-corrected chi connectivity index (χ0v) is 12.2. The van der Waals surface area contributed by atoms with E-state index in [1.54, 1.807) is 0 Å². The van der Waals surface area contributed by atoms with Gasteiger partial charge in [0.25, 0.3) is 0 Å². The van der Waals surface area contributed by atoms with Crippen molar-refractivity contribution < 1.29 is 0 Å². The van der Waals surface area contributed by atoms with Crippen LogP contribution in [0, 0.1) is 0 Å². The van der Waals surface area contributed by atoms with Crippen LogP contribution in [0.3, 0.4) is 0 Å². The largest absolute Gasteiger partial charge is 0.373 e. The van der Waals surface area contributed by atoms with Crippen molar-refractivity contribution in [3.63, 3.8) is 0 Å². The van der Waals surface area contributed by atoms with Crippen LogP contribution >= 0.6 is 23.2 Å². The first kappa shape index (κ1) is 13.2. The summed E-state index contributed by atoms with van der Waals surface area (Å²) in [4.78, 5) is 9.10. The zero-order chi connectivity index (χ0) is 14.1. The second kappa shape index (κ2) is 5.27. The quantitative estimate of drug-likeness (QED) is 0.749. The van der Waals surface area contributed by atoms with Gasteiger partial charge in [-0.25, -0.2) is 9.97 Å². The monoisotopic (exact) mass is 303 g/mol. The maximum absolute atomic E-state index is 6.02. The third-order valence-corrected chi connectivity index (χ3v) is 3.45. The summed E-state index contributed by atoms with van der Waals surface area (Å²) in [7, 11) is 1.82. The summed E-state index contributed by atoms with van der Waals surface area (Å²) < 4.78 is 0. The minimum absolute atomic E-state index is 0.631. The van der Waals surface area contributed by atoms with E-state index in [1.165, 1.54) is 0 Å². The van der Waals surface area contributed by atoms with Crippen molar-refractivity contribution in [2.45, 2.75) is 0 Å². The van der Waals surface area contributed by atoms with Crippen LogP contribution in [0.15, 0.2) is 42.5 Å². The van der Waals surface area contributed by atoms with E-state index in [0.717, 1.165) is 22.3 Å². The predicted octanol–water partition coefficient (Wildman–Crippen LogP) is 4.65. The van der Waals surface area contributed by atoms with Gasteiger partial charge in [0.15, 0.2) is 5.82 Å². The van der Waals surface area contributed by atoms with E-state index >= 15 is 0 Å². The lowest BCUT2D eigenvalue weighted by Gasteiger charge is -2.08. The molecule has 20 heavy (non-hydrogen) atoms. The van der Waals surface area contributed by atoms with Crippen LogP contribution in [0.25, 0.3) is 22.3 Å². The van der Waals surface area contributed by atoms with E-state index in [0.29, 0.717) is 15.9 Å². The number of hydrogen-bond acceptors (Lipinski definition) is 3. The van der Waals surface area contributed by atoms with Crippen molar-refractivity contribution in [1.82, 2.24) is 9.97 Å². The van der Waals surface area contributed by atoms with Gasteiger partial charge in [0, 0.05) is 28.0 Å². The molecule has 3 rings (SSSR count). The van der Waals surface area contributed by atoms with Crippen molar-refractivity contribution in [2.24, 2.45) is 0 Å². The second-order valence-corrected chi connectivity index (χ2v) is 5.19. The van der Waals surface area contributed by atoms with Crippen molar-refractivity contribution in [2.75, 3.05) is 12.4 Å². The molecule has 0 aliphatic carbocycles. The number of nitrogens with zero attached hydrogens (tertiary/aromatic N) is 2. The van der Waals surface area contributed by atoms with Gasteiger partial charge in [-0.05, 0) is 30.3 Å². The van der Waals surface area contributed by atoms with E-state index in [-0.39, 0.29) is 0 Å². The van der Waals surface area contributed by atoms with Gasteiger partial charge in [0.05, 0.1) is 5.52 Å². The number of halogens is 2. The van der Waals surface area contributed by atoms with Crippen LogP contribution in [0.4, 0.5) is 5.82 Å². The molecule has 0 saturated carbocycles. The van der Waals surface area contributed by atoms with Gasteiger partial charge < -0.3 is 5.32 Å². The number of fused-ring (bicyclic) bond motifs is 1. The van der Waals surface area contributed by atoms with Crippen LogP contribution in [-0.4, -0.2) is 17.0 Å². The second-order valence-electron chi connectivity index (χ2n) is 4.32. The molecule has 0 fully saturated rings. The molecule has 3 nitrogen and oxygen atoms in total. The highest BCUT2D eigenvalue weighted by atomic mass is 35.5. The summed E-state index contributed by atoms with van der Waals surface area (Å²) in [6, 6.07) is 13.0. The van der Waals surface area contributed by atoms with Gasteiger partial charge in [-0.15, -0.1) is 0 Å². The fourth-order valence-electron chi connectivity index (χ4n) is 2.05. The Kier molecular flexibility index (Phi) is 3.47. The van der Waals surface area contributed by atoms with E-state index in [4.69, 9.17) is 23.2 Å². The molecule has 0 bridgehead atoms. The molecular weight excluding hydrogens is 293 g/mol. The van der Waals surface area contributed by atoms with Gasteiger partial charge in [-0.1, -0.05) is 35.3 Å². The van der Waals surface area contributed by atoms with Crippen LogP contribution in [0.1, 0.15) is 0 Å². The molecule has 0 aliphatic rings. The van der Waals surface area contributed by atoms with Crippen LogP contribution in [-0.2, 0) is 0 Å². The van der Waals surface area contributed by atoms with Gasteiger partial charge in [0.2, 0.25) is 0 Å². The lowest BCUT2D eigenvalue weighted by Crippen LogP contribution is -1.98. The molecule has 0 aliphatic heterocycles. The normalized spacial score (nSPS) is 10.8. The molecule has 2 aromatic carbocycles. The van der Waals surface area contributed by atoms with Crippen LogP contribution in [0.2, 0.25) is 10.0 Å². The molecule has 0 radical (unpaired) electrons. The maximum atomic E-state index is 6.02. The topological polar surface area (TPSA) is 37.8 Å². The number of hydrogen-bond donors (Lipinski definition) is 1. The predicted molar refractivity (Wildman–Crippen MR) is 84.5 cm³/mol. The highest BCUT2D eigenvalue weighted by Gasteiger charge is 2.09. The number of aromatic nitrogens is 2.